The molecule has 8 heteroatoms. The molecule has 1 aromatic heterocycles. The Morgan fingerprint density at radius 1 is 0.857 bits per heavy atom. The number of piperazine rings is 1. The van der Waals surface area contributed by atoms with E-state index in [9.17, 15) is 9.47 Å². The van der Waals surface area contributed by atoms with Crippen LogP contribution in [0.2, 0.25) is 0 Å². The van der Waals surface area contributed by atoms with Gasteiger partial charge in [0.15, 0.2) is 0 Å². The number of hydrogen-bond acceptors (Lipinski definition) is 7. The van der Waals surface area contributed by atoms with Gasteiger partial charge in [-0.3, -0.25) is 4.21 Å². The molecule has 2 fully saturated rings. The van der Waals surface area contributed by atoms with Crippen LogP contribution in [0, 0.1) is 11.3 Å². The normalized spacial score (nSPS) is 19.0. The van der Waals surface area contributed by atoms with Gasteiger partial charge in [-0.25, -0.2) is 4.98 Å². The highest BCUT2D eigenvalue weighted by Gasteiger charge is 2.31. The molecule has 4 heterocycles. The summed E-state index contributed by atoms with van der Waals surface area (Å²) in [4.78, 5) is 12.1. The summed E-state index contributed by atoms with van der Waals surface area (Å²) in [5, 5.41) is 16.3. The fraction of sp³-hybridized carbons (Fsp3) is 0.407. The summed E-state index contributed by atoms with van der Waals surface area (Å²) >= 11 is 0. The van der Waals surface area contributed by atoms with Crippen molar-refractivity contribution in [3.8, 4) is 6.07 Å². The minimum absolute atomic E-state index is 0.634. The molecule has 35 heavy (non-hydrogen) atoms. The number of anilines is 3. The highest BCUT2D eigenvalue weighted by Crippen LogP contribution is 2.38. The van der Waals surface area contributed by atoms with Gasteiger partial charge in [0.1, 0.15) is 17.7 Å². The zero-order chi connectivity index (χ0) is 23.8. The lowest BCUT2D eigenvalue weighted by molar-refractivity contribution is 0.580. The van der Waals surface area contributed by atoms with E-state index in [4.69, 9.17) is 4.98 Å². The molecule has 2 saturated heterocycles. The highest BCUT2D eigenvalue weighted by molar-refractivity contribution is 7.85. The number of nitrogens with one attached hydrogen (secondary N) is 1. The summed E-state index contributed by atoms with van der Waals surface area (Å²) in [6.07, 6.45) is 0.865. The molecule has 0 aliphatic carbocycles. The Morgan fingerprint density at radius 2 is 1.60 bits per heavy atom. The van der Waals surface area contributed by atoms with Crippen molar-refractivity contribution in [2.75, 3.05) is 72.0 Å². The lowest BCUT2D eigenvalue weighted by Gasteiger charge is -2.38. The molecular formula is C27H30N6OS. The lowest BCUT2D eigenvalue weighted by atomic mass is 9.94. The van der Waals surface area contributed by atoms with E-state index in [2.05, 4.69) is 68.6 Å². The van der Waals surface area contributed by atoms with Crippen LogP contribution in [0.15, 0.2) is 42.5 Å². The second-order valence-electron chi connectivity index (χ2n) is 9.44. The third-order valence-corrected chi connectivity index (χ3v) is 8.74. The van der Waals surface area contributed by atoms with Crippen molar-refractivity contribution in [2.45, 2.75) is 13.0 Å². The Labute approximate surface area is 208 Å². The number of benzene rings is 2. The molecule has 3 aliphatic heterocycles. The maximum absolute atomic E-state index is 12.0. The molecule has 3 aromatic rings. The van der Waals surface area contributed by atoms with Gasteiger partial charge < -0.3 is 20.0 Å². The summed E-state index contributed by atoms with van der Waals surface area (Å²) in [6, 6.07) is 17.5. The molecule has 0 amide bonds. The van der Waals surface area contributed by atoms with Crippen LogP contribution >= 0.6 is 0 Å². The molecule has 7 nitrogen and oxygen atoms in total. The molecule has 0 radical (unpaired) electrons. The molecule has 2 aromatic carbocycles. The number of hydrogen-bond donors (Lipinski definition) is 1. The first-order valence-electron chi connectivity index (χ1n) is 12.5. The Hall–Kier alpha value is -3.15. The predicted octanol–water partition coefficient (Wildman–Crippen LogP) is 2.65. The van der Waals surface area contributed by atoms with Crippen LogP contribution in [0.25, 0.3) is 10.8 Å². The molecule has 0 unspecified atom stereocenters. The zero-order valence-electron chi connectivity index (χ0n) is 19.9. The van der Waals surface area contributed by atoms with Crippen LogP contribution in [0.4, 0.5) is 17.3 Å². The Morgan fingerprint density at radius 3 is 2.40 bits per heavy atom. The van der Waals surface area contributed by atoms with Crippen LogP contribution in [0.1, 0.15) is 16.7 Å². The summed E-state index contributed by atoms with van der Waals surface area (Å²) in [5.74, 6) is 3.08. The quantitative estimate of drug-likeness (QED) is 0.610. The Kier molecular flexibility index (Phi) is 6.05. The van der Waals surface area contributed by atoms with Crippen LogP contribution in [0.3, 0.4) is 0 Å². The van der Waals surface area contributed by atoms with Crippen molar-refractivity contribution in [3.05, 3.63) is 59.2 Å². The summed E-state index contributed by atoms with van der Waals surface area (Å²) < 4.78 is 12.0. The van der Waals surface area contributed by atoms with Crippen molar-refractivity contribution in [1.82, 2.24) is 10.3 Å². The van der Waals surface area contributed by atoms with E-state index in [1.165, 1.54) is 22.0 Å². The van der Waals surface area contributed by atoms with E-state index < -0.39 is 10.8 Å². The Bertz CT molecular complexity index is 1310. The van der Waals surface area contributed by atoms with E-state index in [0.717, 1.165) is 56.3 Å². The van der Waals surface area contributed by atoms with Crippen LogP contribution in [0.5, 0.6) is 0 Å². The smallest absolute Gasteiger partial charge is 0.149 e. The first-order valence-corrected chi connectivity index (χ1v) is 14.0. The number of pyridine rings is 1. The summed E-state index contributed by atoms with van der Waals surface area (Å²) in [7, 11) is -0.778. The fourth-order valence-electron chi connectivity index (χ4n) is 5.62. The van der Waals surface area contributed by atoms with Gasteiger partial charge in [0.25, 0.3) is 0 Å². The molecule has 3 aliphatic rings. The molecule has 0 bridgehead atoms. The van der Waals surface area contributed by atoms with Gasteiger partial charge in [0, 0.05) is 91.3 Å². The SMILES string of the molecule is N#Cc1c(N2CCS(=O)CC2)nc(N2CCNCC2)c2c1CN(c1cccc3ccccc13)CC2. The van der Waals surface area contributed by atoms with Crippen molar-refractivity contribution >= 4 is 38.9 Å². The number of aromatic nitrogens is 1. The van der Waals surface area contributed by atoms with Gasteiger partial charge >= 0.3 is 0 Å². The van der Waals surface area contributed by atoms with Gasteiger partial charge in [-0.2, -0.15) is 5.26 Å². The zero-order valence-corrected chi connectivity index (χ0v) is 20.7. The largest absolute Gasteiger partial charge is 0.366 e. The summed E-state index contributed by atoms with van der Waals surface area (Å²) in [6.45, 7) is 6.68. The van der Waals surface area contributed by atoms with Crippen molar-refractivity contribution < 1.29 is 4.21 Å². The first kappa shape index (κ1) is 22.3. The average molecular weight is 487 g/mol. The summed E-state index contributed by atoms with van der Waals surface area (Å²) in [5.41, 5.74) is 4.24. The third-order valence-electron chi connectivity index (χ3n) is 7.47. The minimum Gasteiger partial charge on any atom is -0.366 e. The maximum Gasteiger partial charge on any atom is 0.149 e. The first-order chi connectivity index (χ1) is 17.2. The highest BCUT2D eigenvalue weighted by atomic mass is 32.2. The van der Waals surface area contributed by atoms with E-state index in [1.54, 1.807) is 0 Å². The standard InChI is InChI=1S/C27H30N6OS/c28-18-23-24-19-33(25-7-3-5-20-4-1-2-6-21(20)25)11-8-22(24)26(31-12-9-29-10-13-31)30-27(23)32-14-16-35(34)17-15-32/h1-7,29H,8-17,19H2. The predicted molar refractivity (Wildman–Crippen MR) is 143 cm³/mol. The third kappa shape index (κ3) is 4.13. The van der Waals surface area contributed by atoms with Gasteiger partial charge in [0.05, 0.1) is 5.56 Å². The van der Waals surface area contributed by atoms with E-state index >= 15 is 0 Å². The molecule has 1 N–H and O–H groups in total. The lowest BCUT2D eigenvalue weighted by Crippen LogP contribution is -2.45. The van der Waals surface area contributed by atoms with Gasteiger partial charge in [-0.05, 0) is 23.4 Å². The maximum atomic E-state index is 12.0. The topological polar surface area (TPSA) is 75.5 Å². The van der Waals surface area contributed by atoms with Crippen molar-refractivity contribution in [1.29, 1.82) is 5.26 Å². The van der Waals surface area contributed by atoms with E-state index in [1.807, 2.05) is 0 Å². The molecule has 0 saturated carbocycles. The van der Waals surface area contributed by atoms with E-state index in [-0.39, 0.29) is 0 Å². The Balaban J connectivity index is 1.46. The molecule has 6 rings (SSSR count). The van der Waals surface area contributed by atoms with Crippen LogP contribution in [-0.4, -0.2) is 66.5 Å². The molecule has 0 spiro atoms. The number of nitrogens with zero attached hydrogens (tertiary/aromatic N) is 5. The van der Waals surface area contributed by atoms with Gasteiger partial charge in [-0.1, -0.05) is 36.4 Å². The van der Waals surface area contributed by atoms with Crippen LogP contribution in [-0.2, 0) is 23.8 Å². The molecular weight excluding hydrogens is 456 g/mol. The monoisotopic (exact) mass is 486 g/mol. The minimum atomic E-state index is -0.778. The number of rotatable bonds is 3. The van der Waals surface area contributed by atoms with E-state index in [0.29, 0.717) is 36.7 Å². The molecule has 180 valence electrons. The number of nitriles is 1. The van der Waals surface area contributed by atoms with Crippen molar-refractivity contribution in [3.63, 3.8) is 0 Å². The van der Waals surface area contributed by atoms with Crippen LogP contribution < -0.4 is 20.0 Å². The number of fused-ring (bicyclic) bond motifs is 2. The van der Waals surface area contributed by atoms with Gasteiger partial charge in [-0.15, -0.1) is 0 Å². The van der Waals surface area contributed by atoms with Gasteiger partial charge in [0.2, 0.25) is 0 Å². The molecule has 0 atom stereocenters. The fourth-order valence-corrected chi connectivity index (χ4v) is 6.67. The van der Waals surface area contributed by atoms with Crippen molar-refractivity contribution in [2.24, 2.45) is 0 Å². The second kappa shape index (κ2) is 9.48. The average Bonchev–Trinajstić information content (AvgIpc) is 2.92. The second-order valence-corrected chi connectivity index (χ2v) is 11.1.